The van der Waals surface area contributed by atoms with Gasteiger partial charge in [-0.25, -0.2) is 4.98 Å². The number of Topliss-reactive ketones (excluding diaryl/α,β-unsaturated/α-hetero) is 1. The zero-order valence-corrected chi connectivity index (χ0v) is 12.6. The van der Waals surface area contributed by atoms with E-state index in [1.807, 2.05) is 24.3 Å². The number of rotatable bonds is 3. The number of benzene rings is 2. The van der Waals surface area contributed by atoms with Crippen molar-refractivity contribution in [3.8, 4) is 0 Å². The second kappa shape index (κ2) is 5.38. The lowest BCUT2D eigenvalue weighted by molar-refractivity contribution is 0.0985. The number of hydrogen-bond donors (Lipinski definition) is 0. The van der Waals surface area contributed by atoms with Gasteiger partial charge in [-0.2, -0.15) is 0 Å². The van der Waals surface area contributed by atoms with Crippen LogP contribution < -0.4 is 0 Å². The van der Waals surface area contributed by atoms with E-state index in [1.54, 1.807) is 18.2 Å². The van der Waals surface area contributed by atoms with Crippen molar-refractivity contribution < 1.29 is 9.21 Å². The number of aromatic nitrogens is 1. The third-order valence-corrected chi connectivity index (χ3v) is 3.81. The van der Waals surface area contributed by atoms with E-state index in [2.05, 4.69) is 20.9 Å². The van der Waals surface area contributed by atoms with Crippen LogP contribution in [0, 0.1) is 0 Å². The molecule has 100 valence electrons. The molecule has 5 heteroatoms. The molecule has 0 aliphatic rings. The first-order chi connectivity index (χ1) is 9.63. The van der Waals surface area contributed by atoms with E-state index in [-0.39, 0.29) is 12.2 Å². The summed E-state index contributed by atoms with van der Waals surface area (Å²) in [7, 11) is 0. The Morgan fingerprint density at radius 3 is 2.85 bits per heavy atom. The molecular weight excluding hydrogens is 342 g/mol. The highest BCUT2D eigenvalue weighted by Crippen LogP contribution is 2.23. The number of oxazole rings is 1. The van der Waals surface area contributed by atoms with E-state index in [0.717, 1.165) is 5.52 Å². The number of carbonyl (C=O) groups is 1. The molecule has 0 bridgehead atoms. The van der Waals surface area contributed by atoms with Gasteiger partial charge in [-0.3, -0.25) is 4.79 Å². The first-order valence-electron chi connectivity index (χ1n) is 5.96. The molecule has 0 fully saturated rings. The maximum atomic E-state index is 12.3. The highest BCUT2D eigenvalue weighted by atomic mass is 79.9. The highest BCUT2D eigenvalue weighted by molar-refractivity contribution is 9.10. The molecule has 20 heavy (non-hydrogen) atoms. The van der Waals surface area contributed by atoms with Gasteiger partial charge < -0.3 is 4.42 Å². The van der Waals surface area contributed by atoms with Gasteiger partial charge in [-0.1, -0.05) is 39.7 Å². The zero-order chi connectivity index (χ0) is 14.1. The van der Waals surface area contributed by atoms with Crippen LogP contribution in [0.25, 0.3) is 11.1 Å². The topological polar surface area (TPSA) is 43.1 Å². The largest absolute Gasteiger partial charge is 0.440 e. The molecule has 0 aliphatic carbocycles. The van der Waals surface area contributed by atoms with Crippen molar-refractivity contribution >= 4 is 44.4 Å². The normalized spacial score (nSPS) is 10.9. The molecule has 0 amide bonds. The van der Waals surface area contributed by atoms with Crippen molar-refractivity contribution in [3.63, 3.8) is 0 Å². The molecule has 2 aromatic carbocycles. The molecular formula is C15H9BrClNO2. The quantitative estimate of drug-likeness (QED) is 0.645. The summed E-state index contributed by atoms with van der Waals surface area (Å²) >= 11 is 9.26. The fraction of sp³-hybridized carbons (Fsp3) is 0.0667. The van der Waals surface area contributed by atoms with Crippen LogP contribution in [0.15, 0.2) is 51.4 Å². The summed E-state index contributed by atoms with van der Waals surface area (Å²) in [6, 6.07) is 12.5. The van der Waals surface area contributed by atoms with Gasteiger partial charge in [0, 0.05) is 15.1 Å². The van der Waals surface area contributed by atoms with Crippen molar-refractivity contribution in [1.82, 2.24) is 4.98 Å². The predicted octanol–water partition coefficient (Wildman–Crippen LogP) is 4.67. The monoisotopic (exact) mass is 349 g/mol. The number of ketones is 1. The minimum Gasteiger partial charge on any atom is -0.440 e. The molecule has 0 aliphatic heterocycles. The lowest BCUT2D eigenvalue weighted by Gasteiger charge is -2.02. The fourth-order valence-corrected chi connectivity index (χ4v) is 2.58. The Balaban J connectivity index is 1.90. The van der Waals surface area contributed by atoms with Crippen molar-refractivity contribution in [2.75, 3.05) is 0 Å². The lowest BCUT2D eigenvalue weighted by Crippen LogP contribution is -2.04. The molecule has 0 radical (unpaired) electrons. The molecule has 1 aromatic heterocycles. The second-order valence-electron chi connectivity index (χ2n) is 4.30. The van der Waals surface area contributed by atoms with E-state index in [1.165, 1.54) is 0 Å². The van der Waals surface area contributed by atoms with E-state index >= 15 is 0 Å². The average Bonchev–Trinajstić information content (AvgIpc) is 2.83. The summed E-state index contributed by atoms with van der Waals surface area (Å²) in [4.78, 5) is 16.6. The Kier molecular flexibility index (Phi) is 3.59. The maximum absolute atomic E-state index is 12.3. The SMILES string of the molecule is O=C(Cc1nc2ccccc2o1)c1cc(Cl)ccc1Br. The molecule has 3 aromatic rings. The standard InChI is InChI=1S/C15H9BrClNO2/c16-11-6-5-9(17)7-10(11)13(19)8-15-18-12-3-1-2-4-14(12)20-15/h1-7H,8H2. The first kappa shape index (κ1) is 13.3. The highest BCUT2D eigenvalue weighted by Gasteiger charge is 2.15. The van der Waals surface area contributed by atoms with E-state index in [4.69, 9.17) is 16.0 Å². The van der Waals surface area contributed by atoms with Gasteiger partial charge in [0.05, 0.1) is 6.42 Å². The molecule has 0 saturated carbocycles. The van der Waals surface area contributed by atoms with Crippen molar-refractivity contribution in [2.45, 2.75) is 6.42 Å². The molecule has 3 nitrogen and oxygen atoms in total. The number of nitrogens with zero attached hydrogens (tertiary/aromatic N) is 1. The van der Waals surface area contributed by atoms with E-state index in [9.17, 15) is 4.79 Å². The Morgan fingerprint density at radius 1 is 1.25 bits per heavy atom. The Hall–Kier alpha value is -1.65. The number of para-hydroxylation sites is 2. The van der Waals surface area contributed by atoms with Crippen molar-refractivity contribution in [1.29, 1.82) is 0 Å². The van der Waals surface area contributed by atoms with Gasteiger partial charge in [0.25, 0.3) is 0 Å². The summed E-state index contributed by atoms with van der Waals surface area (Å²) in [5, 5.41) is 0.522. The summed E-state index contributed by atoms with van der Waals surface area (Å²) in [5.41, 5.74) is 1.96. The van der Waals surface area contributed by atoms with Crippen LogP contribution in [-0.4, -0.2) is 10.8 Å². The van der Waals surface area contributed by atoms with Gasteiger partial charge in [-0.15, -0.1) is 0 Å². The summed E-state index contributed by atoms with van der Waals surface area (Å²) < 4.78 is 6.26. The van der Waals surface area contributed by atoms with Crippen LogP contribution in [0.4, 0.5) is 0 Å². The molecule has 0 atom stereocenters. The van der Waals surface area contributed by atoms with E-state index < -0.39 is 0 Å². The van der Waals surface area contributed by atoms with Crippen LogP contribution in [0.5, 0.6) is 0 Å². The zero-order valence-electron chi connectivity index (χ0n) is 10.3. The van der Waals surface area contributed by atoms with Gasteiger partial charge in [0.15, 0.2) is 11.4 Å². The molecule has 0 unspecified atom stereocenters. The number of halogens is 2. The maximum Gasteiger partial charge on any atom is 0.203 e. The molecule has 3 rings (SSSR count). The van der Waals surface area contributed by atoms with Gasteiger partial charge in [0.1, 0.15) is 5.52 Å². The molecule has 0 N–H and O–H groups in total. The van der Waals surface area contributed by atoms with Crippen LogP contribution in [0.3, 0.4) is 0 Å². The van der Waals surface area contributed by atoms with Gasteiger partial charge in [0.2, 0.25) is 5.89 Å². The molecule has 1 heterocycles. The Morgan fingerprint density at radius 2 is 2.05 bits per heavy atom. The van der Waals surface area contributed by atoms with E-state index in [0.29, 0.717) is 26.5 Å². The second-order valence-corrected chi connectivity index (χ2v) is 5.59. The van der Waals surface area contributed by atoms with Crippen LogP contribution in [0.2, 0.25) is 5.02 Å². The Labute approximate surface area is 128 Å². The smallest absolute Gasteiger partial charge is 0.203 e. The number of hydrogen-bond acceptors (Lipinski definition) is 3. The summed E-state index contributed by atoms with van der Waals surface area (Å²) in [6.45, 7) is 0. The summed E-state index contributed by atoms with van der Waals surface area (Å²) in [6.07, 6.45) is 0.105. The third kappa shape index (κ3) is 2.62. The van der Waals surface area contributed by atoms with Crippen LogP contribution >= 0.6 is 27.5 Å². The van der Waals surface area contributed by atoms with Gasteiger partial charge in [-0.05, 0) is 30.3 Å². The third-order valence-electron chi connectivity index (χ3n) is 2.88. The number of carbonyl (C=O) groups excluding carboxylic acids is 1. The van der Waals surface area contributed by atoms with Crippen molar-refractivity contribution in [2.24, 2.45) is 0 Å². The van der Waals surface area contributed by atoms with Gasteiger partial charge >= 0.3 is 0 Å². The summed E-state index contributed by atoms with van der Waals surface area (Å²) in [5.74, 6) is 0.314. The molecule has 0 saturated heterocycles. The minimum absolute atomic E-state index is 0.0917. The van der Waals surface area contributed by atoms with Crippen molar-refractivity contribution in [3.05, 3.63) is 63.4 Å². The minimum atomic E-state index is -0.0917. The number of fused-ring (bicyclic) bond motifs is 1. The average molecular weight is 351 g/mol. The fourth-order valence-electron chi connectivity index (χ4n) is 1.94. The first-order valence-corrected chi connectivity index (χ1v) is 7.13. The lowest BCUT2D eigenvalue weighted by atomic mass is 10.1. The predicted molar refractivity (Wildman–Crippen MR) is 81.2 cm³/mol. The van der Waals surface area contributed by atoms with Crippen LogP contribution in [-0.2, 0) is 6.42 Å². The van der Waals surface area contributed by atoms with Crippen LogP contribution in [0.1, 0.15) is 16.2 Å². The Bertz CT molecular complexity index is 764. The molecule has 0 spiro atoms.